The minimum Gasteiger partial charge on any atom is -0.484 e. The number of hydrogen-bond acceptors (Lipinski definition) is 3. The highest BCUT2D eigenvalue weighted by Crippen LogP contribution is 2.16. The quantitative estimate of drug-likeness (QED) is 0.696. The normalized spacial score (nSPS) is 10.2. The highest BCUT2D eigenvalue weighted by atomic mass is 35.5. The number of carbonyl (C=O) groups is 1. The van der Waals surface area contributed by atoms with Gasteiger partial charge in [-0.3, -0.25) is 4.79 Å². The molecule has 0 atom stereocenters. The van der Waals surface area contributed by atoms with Gasteiger partial charge in [0.2, 0.25) is 0 Å². The lowest BCUT2D eigenvalue weighted by Crippen LogP contribution is -2.20. The third kappa shape index (κ3) is 6.20. The molecule has 2 rings (SSSR count). The number of amides is 1. The van der Waals surface area contributed by atoms with E-state index in [9.17, 15) is 4.79 Å². The van der Waals surface area contributed by atoms with Crippen molar-refractivity contribution in [1.82, 2.24) is 0 Å². The third-order valence-corrected chi connectivity index (χ3v) is 3.46. The van der Waals surface area contributed by atoms with E-state index in [0.717, 1.165) is 30.8 Å². The van der Waals surface area contributed by atoms with Gasteiger partial charge in [0.05, 0.1) is 0 Å². The molecule has 0 aliphatic carbocycles. The van der Waals surface area contributed by atoms with Crippen LogP contribution in [0.4, 0.5) is 11.4 Å². The maximum absolute atomic E-state index is 11.9. The number of hydrogen-bond donors (Lipinski definition) is 2. The van der Waals surface area contributed by atoms with Crippen LogP contribution in [-0.4, -0.2) is 19.1 Å². The van der Waals surface area contributed by atoms with Gasteiger partial charge in [-0.15, -0.1) is 0 Å². The van der Waals surface area contributed by atoms with Gasteiger partial charge in [-0.25, -0.2) is 0 Å². The van der Waals surface area contributed by atoms with Gasteiger partial charge in [-0.2, -0.15) is 0 Å². The topological polar surface area (TPSA) is 50.4 Å². The summed E-state index contributed by atoms with van der Waals surface area (Å²) in [6.45, 7) is 3.07. The summed E-state index contributed by atoms with van der Waals surface area (Å²) in [4.78, 5) is 11.9. The zero-order valence-electron chi connectivity index (χ0n) is 13.1. The summed E-state index contributed by atoms with van der Waals surface area (Å²) in [5.41, 5.74) is 1.80. The summed E-state index contributed by atoms with van der Waals surface area (Å²) in [7, 11) is 0. The van der Waals surface area contributed by atoms with Crippen LogP contribution in [-0.2, 0) is 4.79 Å². The first kappa shape index (κ1) is 17.2. The molecule has 0 fully saturated rings. The summed E-state index contributed by atoms with van der Waals surface area (Å²) >= 11 is 5.79. The van der Waals surface area contributed by atoms with Crippen molar-refractivity contribution in [2.45, 2.75) is 19.8 Å². The standard InChI is InChI=1S/C18H21ClN2O2/c1-2-3-12-20-15-6-8-16(9-7-15)21-18(22)13-23-17-10-4-14(19)5-11-17/h4-11,20H,2-3,12-13H2,1H3,(H,21,22). The summed E-state index contributed by atoms with van der Waals surface area (Å²) in [6.07, 6.45) is 2.30. The molecular weight excluding hydrogens is 312 g/mol. The first-order valence-electron chi connectivity index (χ1n) is 7.69. The second-order valence-electron chi connectivity index (χ2n) is 5.15. The van der Waals surface area contributed by atoms with Crippen molar-refractivity contribution in [1.29, 1.82) is 0 Å². The number of ether oxygens (including phenoxy) is 1. The Bertz CT molecular complexity index is 612. The second kappa shape index (κ2) is 9.06. The predicted molar refractivity (Wildman–Crippen MR) is 95.4 cm³/mol. The molecule has 2 aromatic rings. The van der Waals surface area contributed by atoms with Gasteiger partial charge in [0.15, 0.2) is 6.61 Å². The fourth-order valence-corrected chi connectivity index (χ4v) is 2.08. The Morgan fingerprint density at radius 1 is 1.04 bits per heavy atom. The number of nitrogens with one attached hydrogen (secondary N) is 2. The summed E-state index contributed by atoms with van der Waals surface area (Å²) in [5, 5.41) is 6.76. The van der Waals surface area contributed by atoms with Crippen LogP contribution in [0, 0.1) is 0 Å². The third-order valence-electron chi connectivity index (χ3n) is 3.21. The lowest BCUT2D eigenvalue weighted by Gasteiger charge is -2.09. The molecule has 0 aliphatic rings. The van der Waals surface area contributed by atoms with E-state index < -0.39 is 0 Å². The maximum Gasteiger partial charge on any atom is 0.262 e. The van der Waals surface area contributed by atoms with Crippen molar-refractivity contribution in [3.05, 3.63) is 53.6 Å². The molecule has 0 unspecified atom stereocenters. The fraction of sp³-hybridized carbons (Fsp3) is 0.278. The molecule has 5 heteroatoms. The second-order valence-corrected chi connectivity index (χ2v) is 5.58. The van der Waals surface area contributed by atoms with Crippen LogP contribution in [0.2, 0.25) is 5.02 Å². The van der Waals surface area contributed by atoms with Gasteiger partial charge in [-0.1, -0.05) is 24.9 Å². The van der Waals surface area contributed by atoms with Crippen LogP contribution < -0.4 is 15.4 Å². The molecule has 0 heterocycles. The Labute approximate surface area is 141 Å². The van der Waals surface area contributed by atoms with Gasteiger partial charge in [-0.05, 0) is 55.0 Å². The molecule has 0 saturated carbocycles. The van der Waals surface area contributed by atoms with Crippen LogP contribution in [0.5, 0.6) is 5.75 Å². The fourth-order valence-electron chi connectivity index (χ4n) is 1.96. The van der Waals surface area contributed by atoms with Gasteiger partial charge in [0, 0.05) is 22.9 Å². The lowest BCUT2D eigenvalue weighted by atomic mass is 10.2. The molecule has 0 aromatic heterocycles. The van der Waals surface area contributed by atoms with E-state index >= 15 is 0 Å². The summed E-state index contributed by atoms with van der Waals surface area (Å²) < 4.78 is 5.40. The van der Waals surface area contributed by atoms with Crippen molar-refractivity contribution in [2.75, 3.05) is 23.8 Å². The Morgan fingerprint density at radius 3 is 2.35 bits per heavy atom. The molecular formula is C18H21ClN2O2. The van der Waals surface area contributed by atoms with Gasteiger partial charge in [0.25, 0.3) is 5.91 Å². The van der Waals surface area contributed by atoms with E-state index in [-0.39, 0.29) is 12.5 Å². The van der Waals surface area contributed by atoms with Gasteiger partial charge in [0.1, 0.15) is 5.75 Å². The SMILES string of the molecule is CCCCNc1ccc(NC(=O)COc2ccc(Cl)cc2)cc1. The minimum atomic E-state index is -0.202. The Balaban J connectivity index is 1.77. The van der Waals surface area contributed by atoms with E-state index in [4.69, 9.17) is 16.3 Å². The van der Waals surface area contributed by atoms with E-state index in [1.54, 1.807) is 24.3 Å². The summed E-state index contributed by atoms with van der Waals surface area (Å²) in [6, 6.07) is 14.5. The number of halogens is 1. The smallest absolute Gasteiger partial charge is 0.262 e. The van der Waals surface area contributed by atoms with Crippen LogP contribution in [0.1, 0.15) is 19.8 Å². The predicted octanol–water partition coefficient (Wildman–Crippen LogP) is 4.57. The van der Waals surface area contributed by atoms with Crippen LogP contribution >= 0.6 is 11.6 Å². The van der Waals surface area contributed by atoms with E-state index in [1.807, 2.05) is 24.3 Å². The number of unbranched alkanes of at least 4 members (excludes halogenated alkanes) is 1. The van der Waals surface area contributed by atoms with Crippen molar-refractivity contribution in [3.63, 3.8) is 0 Å². The van der Waals surface area contributed by atoms with E-state index in [2.05, 4.69) is 17.6 Å². The molecule has 0 spiro atoms. The Morgan fingerprint density at radius 2 is 1.70 bits per heavy atom. The summed E-state index contributed by atoms with van der Waals surface area (Å²) in [5.74, 6) is 0.409. The van der Waals surface area contributed by atoms with Crippen LogP contribution in [0.15, 0.2) is 48.5 Å². The first-order chi connectivity index (χ1) is 11.2. The molecule has 0 radical (unpaired) electrons. The van der Waals surface area contributed by atoms with E-state index in [1.165, 1.54) is 0 Å². The van der Waals surface area contributed by atoms with Crippen LogP contribution in [0.25, 0.3) is 0 Å². The monoisotopic (exact) mass is 332 g/mol. The van der Waals surface area contributed by atoms with Crippen molar-refractivity contribution < 1.29 is 9.53 Å². The molecule has 23 heavy (non-hydrogen) atoms. The average Bonchev–Trinajstić information content (AvgIpc) is 2.56. The lowest BCUT2D eigenvalue weighted by molar-refractivity contribution is -0.118. The van der Waals surface area contributed by atoms with Gasteiger partial charge < -0.3 is 15.4 Å². The zero-order valence-corrected chi connectivity index (χ0v) is 13.9. The molecule has 122 valence electrons. The number of carbonyl (C=O) groups excluding carboxylic acids is 1. The molecule has 2 N–H and O–H groups in total. The number of benzene rings is 2. The van der Waals surface area contributed by atoms with Crippen LogP contribution in [0.3, 0.4) is 0 Å². The Kier molecular flexibility index (Phi) is 6.76. The highest BCUT2D eigenvalue weighted by Gasteiger charge is 2.04. The van der Waals surface area contributed by atoms with Crippen molar-refractivity contribution in [2.24, 2.45) is 0 Å². The largest absolute Gasteiger partial charge is 0.484 e. The molecule has 0 aliphatic heterocycles. The van der Waals surface area contributed by atoms with Gasteiger partial charge >= 0.3 is 0 Å². The minimum absolute atomic E-state index is 0.0435. The first-order valence-corrected chi connectivity index (χ1v) is 8.07. The van der Waals surface area contributed by atoms with Crippen molar-refractivity contribution in [3.8, 4) is 5.75 Å². The number of anilines is 2. The molecule has 0 bridgehead atoms. The molecule has 4 nitrogen and oxygen atoms in total. The van der Waals surface area contributed by atoms with Crippen molar-refractivity contribution >= 4 is 28.9 Å². The average molecular weight is 333 g/mol. The molecule has 2 aromatic carbocycles. The molecule has 0 saturated heterocycles. The zero-order chi connectivity index (χ0) is 16.5. The maximum atomic E-state index is 11.9. The number of rotatable bonds is 8. The highest BCUT2D eigenvalue weighted by molar-refractivity contribution is 6.30. The van der Waals surface area contributed by atoms with E-state index in [0.29, 0.717) is 10.8 Å². The molecule has 1 amide bonds. The Hall–Kier alpha value is -2.20.